The molecule has 312 valence electrons. The predicted octanol–water partition coefficient (Wildman–Crippen LogP) is 5.69. The van der Waals surface area contributed by atoms with Gasteiger partial charge in [0.15, 0.2) is 0 Å². The van der Waals surface area contributed by atoms with Crippen molar-refractivity contribution in [3.63, 3.8) is 0 Å². The first-order chi connectivity index (χ1) is 29.1. The van der Waals surface area contributed by atoms with Crippen molar-refractivity contribution >= 4 is 34.7 Å². The van der Waals surface area contributed by atoms with Crippen molar-refractivity contribution in [2.75, 3.05) is 21.3 Å². The van der Waals surface area contributed by atoms with Crippen molar-refractivity contribution in [2.24, 2.45) is 0 Å². The van der Waals surface area contributed by atoms with E-state index in [1.54, 1.807) is 85.9 Å². The van der Waals surface area contributed by atoms with Gasteiger partial charge in [0.1, 0.15) is 25.1 Å². The molecule has 4 heterocycles. The number of benzene rings is 4. The number of aromatic carboxylic acids is 1. The number of hydroxylamine groups is 2. The van der Waals surface area contributed by atoms with Crippen LogP contribution in [0.5, 0.6) is 0 Å². The third-order valence-corrected chi connectivity index (χ3v) is 8.20. The number of carbonyl (C=O) groups is 4. The molecule has 0 atom stereocenters. The first-order valence-electron chi connectivity index (χ1n) is 17.4. The zero-order valence-corrected chi connectivity index (χ0v) is 36.2. The summed E-state index contributed by atoms with van der Waals surface area (Å²) in [4.78, 5) is 66.1. The van der Waals surface area contributed by atoms with Gasteiger partial charge in [-0.15, -0.1) is 0 Å². The summed E-state index contributed by atoms with van der Waals surface area (Å²) in [6.45, 7) is 0. The maximum atomic E-state index is 12.0. The SMILES string of the molecule is COC(=O)c1ccccc1-c1ncco1.CON(C)C(=O)c1ccccc1-c1ncco1.O=C(Cl)c1ccccc1-c1ncco1.O=C(O)c1ccccc1-c1ncco1.[Na+].[OH-]. The second-order valence-corrected chi connectivity index (χ2v) is 11.9. The minimum Gasteiger partial charge on any atom is -0.870 e. The van der Waals surface area contributed by atoms with Crippen molar-refractivity contribution in [1.82, 2.24) is 25.0 Å². The summed E-state index contributed by atoms with van der Waals surface area (Å²) in [5.41, 5.74) is 3.90. The Morgan fingerprint density at radius 1 is 0.548 bits per heavy atom. The normalized spacial score (nSPS) is 9.74. The van der Waals surface area contributed by atoms with Gasteiger partial charge in [-0.3, -0.25) is 14.4 Å². The third-order valence-electron chi connectivity index (χ3n) is 8.00. The summed E-state index contributed by atoms with van der Waals surface area (Å²) < 4.78 is 25.1. The quantitative estimate of drug-likeness (QED) is 0.0792. The number of esters is 1. The Morgan fingerprint density at radius 2 is 0.871 bits per heavy atom. The van der Waals surface area contributed by atoms with E-state index in [4.69, 9.17) is 39.2 Å². The number of amides is 1. The summed E-state index contributed by atoms with van der Waals surface area (Å²) in [5, 5.41) is 9.53. The molecular formula is C43H35ClN5NaO12. The van der Waals surface area contributed by atoms with E-state index in [2.05, 4.69) is 24.7 Å². The van der Waals surface area contributed by atoms with E-state index < -0.39 is 17.2 Å². The van der Waals surface area contributed by atoms with Crippen molar-refractivity contribution in [2.45, 2.75) is 0 Å². The van der Waals surface area contributed by atoms with Crippen LogP contribution in [0.25, 0.3) is 45.8 Å². The van der Waals surface area contributed by atoms with E-state index >= 15 is 0 Å². The summed E-state index contributed by atoms with van der Waals surface area (Å²) >= 11 is 5.42. The number of carbonyl (C=O) groups excluding carboxylic acids is 3. The van der Waals surface area contributed by atoms with Crippen molar-refractivity contribution < 1.29 is 86.6 Å². The van der Waals surface area contributed by atoms with Crippen LogP contribution in [0.2, 0.25) is 0 Å². The molecule has 0 aliphatic rings. The van der Waals surface area contributed by atoms with Gasteiger partial charge in [0, 0.05) is 23.7 Å². The number of aromatic nitrogens is 4. The Hall–Kier alpha value is -6.99. The molecule has 8 rings (SSSR count). The van der Waals surface area contributed by atoms with E-state index in [-0.39, 0.29) is 46.5 Å². The average molecular weight is 872 g/mol. The second-order valence-electron chi connectivity index (χ2n) is 11.6. The van der Waals surface area contributed by atoms with Crippen LogP contribution in [0.15, 0.2) is 165 Å². The van der Waals surface area contributed by atoms with Crippen molar-refractivity contribution in [3.05, 3.63) is 169 Å². The maximum absolute atomic E-state index is 12.0. The molecule has 0 aliphatic carbocycles. The summed E-state index contributed by atoms with van der Waals surface area (Å²) in [6, 6.07) is 27.6. The average Bonchev–Trinajstić information content (AvgIpc) is 4.15. The fourth-order valence-corrected chi connectivity index (χ4v) is 5.35. The molecule has 4 aromatic carbocycles. The Labute approximate surface area is 380 Å². The monoisotopic (exact) mass is 871 g/mol. The Bertz CT molecular complexity index is 2520. The number of hydrogen-bond acceptors (Lipinski definition) is 15. The van der Waals surface area contributed by atoms with Gasteiger partial charge in [-0.25, -0.2) is 34.6 Å². The molecule has 0 fully saturated rings. The smallest absolute Gasteiger partial charge is 0.870 e. The molecular weight excluding hydrogens is 837 g/mol. The largest absolute Gasteiger partial charge is 1.00 e. The molecule has 19 heteroatoms. The number of hydrogen-bond donors (Lipinski definition) is 1. The minimum atomic E-state index is -0.987. The van der Waals surface area contributed by atoms with Gasteiger partial charge in [0.05, 0.1) is 66.8 Å². The fraction of sp³-hybridized carbons (Fsp3) is 0.0698. The fourth-order valence-electron chi connectivity index (χ4n) is 5.19. The van der Waals surface area contributed by atoms with E-state index in [0.717, 1.165) is 5.06 Å². The number of carboxylic acids is 1. The van der Waals surface area contributed by atoms with Gasteiger partial charge in [0.25, 0.3) is 11.1 Å². The van der Waals surface area contributed by atoms with Crippen LogP contribution < -0.4 is 29.6 Å². The third kappa shape index (κ3) is 13.0. The number of oxazole rings is 4. The molecule has 0 saturated carbocycles. The van der Waals surface area contributed by atoms with Gasteiger partial charge >= 0.3 is 41.5 Å². The summed E-state index contributed by atoms with van der Waals surface area (Å²) in [6.07, 6.45) is 11.9. The van der Waals surface area contributed by atoms with Crippen molar-refractivity contribution in [3.8, 4) is 45.8 Å². The van der Waals surface area contributed by atoms with Gasteiger partial charge in [0.2, 0.25) is 23.6 Å². The topological polar surface area (TPSA) is 244 Å². The van der Waals surface area contributed by atoms with Gasteiger partial charge < -0.3 is 33.0 Å². The summed E-state index contributed by atoms with van der Waals surface area (Å²) in [5.74, 6) is -0.0871. The molecule has 0 aliphatic heterocycles. The zero-order valence-electron chi connectivity index (χ0n) is 33.4. The molecule has 0 saturated heterocycles. The Morgan fingerprint density at radius 3 is 1.21 bits per heavy atom. The number of halogens is 1. The number of ether oxygens (including phenoxy) is 1. The van der Waals surface area contributed by atoms with Gasteiger partial charge in [-0.1, -0.05) is 48.5 Å². The van der Waals surface area contributed by atoms with E-state index in [0.29, 0.717) is 62.5 Å². The molecule has 62 heavy (non-hydrogen) atoms. The Kier molecular flexibility index (Phi) is 19.9. The molecule has 0 spiro atoms. The molecule has 8 aromatic rings. The zero-order chi connectivity index (χ0) is 42.9. The van der Waals surface area contributed by atoms with E-state index in [1.807, 2.05) is 12.1 Å². The number of rotatable bonds is 9. The molecule has 4 aromatic heterocycles. The first kappa shape index (κ1) is 49.4. The number of nitrogens with zero attached hydrogens (tertiary/aromatic N) is 5. The first-order valence-corrected chi connectivity index (χ1v) is 17.8. The van der Waals surface area contributed by atoms with Crippen LogP contribution in [-0.2, 0) is 9.57 Å². The van der Waals surface area contributed by atoms with Crippen LogP contribution in [0.3, 0.4) is 0 Å². The van der Waals surface area contributed by atoms with E-state index in [9.17, 15) is 19.2 Å². The van der Waals surface area contributed by atoms with Crippen molar-refractivity contribution in [1.29, 1.82) is 0 Å². The van der Waals surface area contributed by atoms with Crippen LogP contribution in [-0.4, -0.2) is 79.9 Å². The Balaban J connectivity index is 0.000000218. The molecule has 0 radical (unpaired) electrons. The van der Waals surface area contributed by atoms with Gasteiger partial charge in [-0.2, -0.15) is 0 Å². The van der Waals surface area contributed by atoms with Crippen LogP contribution in [0.4, 0.5) is 0 Å². The minimum absolute atomic E-state index is 0. The molecule has 2 N–H and O–H groups in total. The molecule has 0 unspecified atom stereocenters. The standard InChI is InChI=1S/C12H12N2O3.C11H9NO3.C10H6ClNO2.C10H7NO3.Na.H2O/c1-14(16-2)12(15)10-6-4-3-5-9(10)11-13-7-8-17-11;1-14-11(13)9-5-3-2-4-8(9)10-12-6-7-15-10;11-9(13)7-3-1-2-4-8(7)10-12-5-6-14-10;12-10(13)8-4-2-1-3-7(8)9-11-5-6-14-9;;/h3-8H,1-2H3;2-7H,1H3;1-6H;1-6H,(H,12,13);;1H2/q;;;;+1;/p-1. The predicted molar refractivity (Wildman–Crippen MR) is 217 cm³/mol. The summed E-state index contributed by atoms with van der Waals surface area (Å²) in [7, 11) is 4.33. The number of methoxy groups -OCH3 is 1. The second kappa shape index (κ2) is 24.9. The molecule has 1 amide bonds. The van der Waals surface area contributed by atoms with Crippen LogP contribution >= 0.6 is 11.6 Å². The maximum Gasteiger partial charge on any atom is 1.00 e. The van der Waals surface area contributed by atoms with Crippen LogP contribution in [0.1, 0.15) is 41.4 Å². The number of carboxylic acid groups (broad SMARTS) is 1. The van der Waals surface area contributed by atoms with E-state index in [1.165, 1.54) is 70.1 Å². The van der Waals surface area contributed by atoms with Gasteiger partial charge in [-0.05, 0) is 60.1 Å². The molecule has 17 nitrogen and oxygen atoms in total. The molecule has 0 bridgehead atoms. The van der Waals surface area contributed by atoms with Crippen LogP contribution in [0, 0.1) is 0 Å².